The molecule has 1 atom stereocenters. The van der Waals surface area contributed by atoms with E-state index in [1.807, 2.05) is 25.1 Å². The number of hydrogen-bond donors (Lipinski definition) is 2. The van der Waals surface area contributed by atoms with Gasteiger partial charge in [-0.3, -0.25) is 0 Å². The topological polar surface area (TPSA) is 49.5 Å². The van der Waals surface area contributed by atoms with Gasteiger partial charge in [0.25, 0.3) is 0 Å². The van der Waals surface area contributed by atoms with Crippen LogP contribution in [-0.4, -0.2) is 23.8 Å². The highest BCUT2D eigenvalue weighted by Gasteiger charge is 2.28. The number of aryl methyl sites for hydroxylation is 1. The van der Waals surface area contributed by atoms with Crippen molar-refractivity contribution in [3.05, 3.63) is 23.8 Å². The zero-order valence-corrected chi connectivity index (χ0v) is 10.0. The van der Waals surface area contributed by atoms with E-state index in [0.29, 0.717) is 6.54 Å². The Morgan fingerprint density at radius 1 is 1.44 bits per heavy atom. The molecule has 1 aliphatic rings. The van der Waals surface area contributed by atoms with Gasteiger partial charge in [0.2, 0.25) is 0 Å². The quantitative estimate of drug-likeness (QED) is 0.711. The van der Waals surface area contributed by atoms with Crippen LogP contribution in [0.3, 0.4) is 0 Å². The first-order valence-corrected chi connectivity index (χ1v) is 5.81. The van der Waals surface area contributed by atoms with Crippen LogP contribution in [0.25, 0.3) is 0 Å². The Morgan fingerprint density at radius 2 is 2.19 bits per heavy atom. The van der Waals surface area contributed by atoms with Crippen molar-refractivity contribution in [2.45, 2.75) is 32.3 Å². The molecular weight excluding hydrogens is 200 g/mol. The average Bonchev–Trinajstić information content (AvgIpc) is 2.20. The molecule has 0 amide bonds. The second-order valence-corrected chi connectivity index (χ2v) is 5.07. The van der Waals surface area contributed by atoms with Crippen LogP contribution in [0.15, 0.2) is 18.2 Å². The lowest BCUT2D eigenvalue weighted by Gasteiger charge is -2.39. The highest BCUT2D eigenvalue weighted by atomic mass is 16.3. The van der Waals surface area contributed by atoms with E-state index in [9.17, 15) is 5.11 Å². The molecule has 1 aromatic rings. The smallest absolute Gasteiger partial charge is 0.0794 e. The standard InChI is InChI=1S/C13H20N2O/c1-10-4-5-11(14)8-12(10)15-7-3-6-13(2,16)9-15/h4-5,8,16H,3,6-7,9,14H2,1-2H3. The third-order valence-electron chi connectivity index (χ3n) is 3.25. The predicted molar refractivity (Wildman–Crippen MR) is 67.7 cm³/mol. The molecule has 3 nitrogen and oxygen atoms in total. The lowest BCUT2D eigenvalue weighted by Crippen LogP contribution is -2.46. The maximum atomic E-state index is 10.1. The zero-order chi connectivity index (χ0) is 11.8. The van der Waals surface area contributed by atoms with E-state index >= 15 is 0 Å². The van der Waals surface area contributed by atoms with Crippen molar-refractivity contribution in [2.75, 3.05) is 23.7 Å². The van der Waals surface area contributed by atoms with Crippen LogP contribution in [0.1, 0.15) is 25.3 Å². The maximum absolute atomic E-state index is 10.1. The van der Waals surface area contributed by atoms with Crippen LogP contribution >= 0.6 is 0 Å². The molecule has 3 heteroatoms. The summed E-state index contributed by atoms with van der Waals surface area (Å²) in [4.78, 5) is 2.23. The van der Waals surface area contributed by atoms with E-state index in [0.717, 1.165) is 30.8 Å². The van der Waals surface area contributed by atoms with Crippen molar-refractivity contribution in [1.82, 2.24) is 0 Å². The largest absolute Gasteiger partial charge is 0.399 e. The van der Waals surface area contributed by atoms with Gasteiger partial charge in [-0.05, 0) is 44.4 Å². The molecule has 0 aromatic heterocycles. The Morgan fingerprint density at radius 3 is 2.88 bits per heavy atom. The number of benzene rings is 1. The van der Waals surface area contributed by atoms with Crippen molar-refractivity contribution < 1.29 is 5.11 Å². The lowest BCUT2D eigenvalue weighted by molar-refractivity contribution is 0.0449. The Balaban J connectivity index is 2.26. The van der Waals surface area contributed by atoms with Crippen LogP contribution in [-0.2, 0) is 0 Å². The van der Waals surface area contributed by atoms with E-state index < -0.39 is 5.60 Å². The molecule has 0 aliphatic carbocycles. The molecule has 1 fully saturated rings. The molecular formula is C13H20N2O. The number of nitrogens with zero attached hydrogens (tertiary/aromatic N) is 1. The zero-order valence-electron chi connectivity index (χ0n) is 10.0. The molecule has 2 rings (SSSR count). The van der Waals surface area contributed by atoms with Crippen molar-refractivity contribution in [3.63, 3.8) is 0 Å². The first-order chi connectivity index (χ1) is 7.48. The van der Waals surface area contributed by atoms with Gasteiger partial charge in [0.05, 0.1) is 5.60 Å². The normalized spacial score (nSPS) is 25.8. The van der Waals surface area contributed by atoms with Crippen LogP contribution in [0.2, 0.25) is 0 Å². The van der Waals surface area contributed by atoms with Gasteiger partial charge >= 0.3 is 0 Å². The molecule has 1 heterocycles. The van der Waals surface area contributed by atoms with Gasteiger partial charge in [0, 0.05) is 24.5 Å². The number of aliphatic hydroxyl groups is 1. The molecule has 1 unspecified atom stereocenters. The van der Waals surface area contributed by atoms with Crippen molar-refractivity contribution in [2.24, 2.45) is 0 Å². The van der Waals surface area contributed by atoms with Crippen LogP contribution in [0, 0.1) is 6.92 Å². The minimum Gasteiger partial charge on any atom is -0.399 e. The summed E-state index contributed by atoms with van der Waals surface area (Å²) in [5.74, 6) is 0. The van der Waals surface area contributed by atoms with E-state index in [-0.39, 0.29) is 0 Å². The molecule has 0 bridgehead atoms. The Hall–Kier alpha value is -1.22. The minimum absolute atomic E-state index is 0.574. The second-order valence-electron chi connectivity index (χ2n) is 5.07. The van der Waals surface area contributed by atoms with Crippen molar-refractivity contribution >= 4 is 11.4 Å². The fourth-order valence-corrected chi connectivity index (χ4v) is 2.39. The summed E-state index contributed by atoms with van der Waals surface area (Å²) in [6, 6.07) is 5.95. The molecule has 0 radical (unpaired) electrons. The average molecular weight is 220 g/mol. The lowest BCUT2D eigenvalue weighted by atomic mass is 9.94. The van der Waals surface area contributed by atoms with E-state index in [2.05, 4.69) is 11.8 Å². The highest BCUT2D eigenvalue weighted by Crippen LogP contribution is 2.29. The number of anilines is 2. The summed E-state index contributed by atoms with van der Waals surface area (Å²) in [6.07, 6.45) is 1.91. The molecule has 1 aliphatic heterocycles. The molecule has 16 heavy (non-hydrogen) atoms. The first-order valence-electron chi connectivity index (χ1n) is 5.81. The van der Waals surface area contributed by atoms with Gasteiger partial charge in [-0.2, -0.15) is 0 Å². The number of β-amino-alcohol motifs (C(OH)–C–C–N with tert-alkyl or cyclic N) is 1. The molecule has 3 N–H and O–H groups in total. The van der Waals surface area contributed by atoms with Crippen LogP contribution in [0.4, 0.5) is 11.4 Å². The third-order valence-corrected chi connectivity index (χ3v) is 3.25. The molecule has 0 spiro atoms. The second kappa shape index (κ2) is 3.98. The summed E-state index contributed by atoms with van der Waals surface area (Å²) in [5.41, 5.74) is 8.39. The third kappa shape index (κ3) is 2.30. The first kappa shape index (κ1) is 11.3. The van der Waals surface area contributed by atoms with Gasteiger partial charge in [0.15, 0.2) is 0 Å². The van der Waals surface area contributed by atoms with E-state index in [1.165, 1.54) is 5.56 Å². The number of hydrogen-bond acceptors (Lipinski definition) is 3. The molecule has 1 saturated heterocycles. The number of rotatable bonds is 1. The maximum Gasteiger partial charge on any atom is 0.0794 e. The summed E-state index contributed by atoms with van der Waals surface area (Å²) in [5, 5.41) is 10.1. The van der Waals surface area contributed by atoms with Gasteiger partial charge in [0.1, 0.15) is 0 Å². The number of nitrogen functional groups attached to an aromatic ring is 1. The summed E-state index contributed by atoms with van der Waals surface area (Å²) in [6.45, 7) is 5.68. The van der Waals surface area contributed by atoms with Gasteiger partial charge in [-0.15, -0.1) is 0 Å². The van der Waals surface area contributed by atoms with E-state index in [1.54, 1.807) is 0 Å². The molecule has 1 aromatic carbocycles. The summed E-state index contributed by atoms with van der Waals surface area (Å²) < 4.78 is 0. The number of nitrogens with two attached hydrogens (primary N) is 1. The Kier molecular flexibility index (Phi) is 2.80. The number of piperidine rings is 1. The predicted octanol–water partition coefficient (Wildman–Crippen LogP) is 1.93. The fraction of sp³-hybridized carbons (Fsp3) is 0.538. The fourth-order valence-electron chi connectivity index (χ4n) is 2.39. The Labute approximate surface area is 96.9 Å². The Bertz CT molecular complexity index is 388. The highest BCUT2D eigenvalue weighted by molar-refractivity contribution is 5.61. The summed E-state index contributed by atoms with van der Waals surface area (Å²) >= 11 is 0. The van der Waals surface area contributed by atoms with Gasteiger partial charge in [-0.1, -0.05) is 6.07 Å². The monoisotopic (exact) mass is 220 g/mol. The summed E-state index contributed by atoms with van der Waals surface area (Å²) in [7, 11) is 0. The van der Waals surface area contributed by atoms with Crippen molar-refractivity contribution in [1.29, 1.82) is 0 Å². The van der Waals surface area contributed by atoms with Gasteiger partial charge in [-0.25, -0.2) is 0 Å². The van der Waals surface area contributed by atoms with Crippen LogP contribution in [0.5, 0.6) is 0 Å². The minimum atomic E-state index is -0.574. The van der Waals surface area contributed by atoms with Gasteiger partial charge < -0.3 is 15.7 Å². The molecule has 88 valence electrons. The SMILES string of the molecule is Cc1ccc(N)cc1N1CCCC(C)(O)C1. The van der Waals surface area contributed by atoms with Crippen LogP contribution < -0.4 is 10.6 Å². The molecule has 0 saturated carbocycles. The van der Waals surface area contributed by atoms with E-state index in [4.69, 9.17) is 5.73 Å². The van der Waals surface area contributed by atoms with Crippen molar-refractivity contribution in [3.8, 4) is 0 Å².